The maximum atomic E-state index is 12.3. The molecular formula is C46H64O2S2Si2Zr. The summed E-state index contributed by atoms with van der Waals surface area (Å²) < 4.78 is 0. The van der Waals surface area contributed by atoms with E-state index in [2.05, 4.69) is 153 Å². The third kappa shape index (κ3) is 8.90. The molecule has 0 aromatic heterocycles. The third-order valence-corrected chi connectivity index (χ3v) is 41.0. The molecule has 6 rings (SSSR count). The molecule has 53 heavy (non-hydrogen) atoms. The summed E-state index contributed by atoms with van der Waals surface area (Å²) in [4.78, 5) is 0. The van der Waals surface area contributed by atoms with E-state index < -0.39 is 35.3 Å². The van der Waals surface area contributed by atoms with Crippen LogP contribution in [0.3, 0.4) is 0 Å². The van der Waals surface area contributed by atoms with Gasteiger partial charge in [-0.1, -0.05) is 0 Å². The van der Waals surface area contributed by atoms with Crippen LogP contribution in [-0.4, -0.2) is 36.9 Å². The Morgan fingerprint density at radius 2 is 0.925 bits per heavy atom. The first-order chi connectivity index (χ1) is 24.9. The van der Waals surface area contributed by atoms with Gasteiger partial charge in [-0.3, -0.25) is 0 Å². The van der Waals surface area contributed by atoms with E-state index in [-0.39, 0.29) is 10.8 Å². The van der Waals surface area contributed by atoms with Crippen LogP contribution in [-0.2, 0) is 41.5 Å². The van der Waals surface area contributed by atoms with Crippen molar-refractivity contribution in [3.63, 3.8) is 0 Å². The second-order valence-electron chi connectivity index (χ2n) is 18.8. The Hall–Kier alpha value is -1.50. The van der Waals surface area contributed by atoms with Gasteiger partial charge in [-0.25, -0.2) is 0 Å². The van der Waals surface area contributed by atoms with Crippen molar-refractivity contribution in [1.29, 1.82) is 0 Å². The first-order valence-electron chi connectivity index (χ1n) is 19.9. The Kier molecular flexibility index (Phi) is 12.5. The molecule has 0 spiro atoms. The summed E-state index contributed by atoms with van der Waals surface area (Å²) in [5.41, 5.74) is 5.17. The van der Waals surface area contributed by atoms with Crippen molar-refractivity contribution in [2.24, 2.45) is 0 Å². The van der Waals surface area contributed by atoms with Crippen molar-refractivity contribution >= 4 is 51.1 Å². The minimum absolute atomic E-state index is 0.00828. The summed E-state index contributed by atoms with van der Waals surface area (Å²) >= 11 is -0.870. The fraction of sp³-hybridized carbons (Fsp3) is 0.478. The second-order valence-corrected chi connectivity index (χ2v) is 43.2. The number of hydrogen-bond donors (Lipinski definition) is 2. The molecule has 1 heterocycles. The Labute approximate surface area is 335 Å². The summed E-state index contributed by atoms with van der Waals surface area (Å²) in [6.45, 7) is 23.6. The average molecular weight is 861 g/mol. The van der Waals surface area contributed by atoms with Crippen LogP contribution in [0.25, 0.3) is 0 Å². The van der Waals surface area contributed by atoms with Crippen LogP contribution in [0, 0.1) is 0 Å². The molecule has 0 amide bonds. The molecule has 1 aliphatic heterocycles. The van der Waals surface area contributed by atoms with Gasteiger partial charge in [0.05, 0.1) is 0 Å². The summed E-state index contributed by atoms with van der Waals surface area (Å²) in [6, 6.07) is 31.4. The van der Waals surface area contributed by atoms with Crippen molar-refractivity contribution in [1.82, 2.24) is 0 Å². The summed E-state index contributed by atoms with van der Waals surface area (Å²) in [5.74, 6) is 3.28. The predicted molar refractivity (Wildman–Crippen MR) is 238 cm³/mol. The van der Waals surface area contributed by atoms with Crippen molar-refractivity contribution in [3.05, 3.63) is 107 Å². The van der Waals surface area contributed by atoms with Crippen LogP contribution < -0.4 is 20.7 Å². The molecule has 3 unspecified atom stereocenters. The van der Waals surface area contributed by atoms with E-state index in [0.29, 0.717) is 25.7 Å². The van der Waals surface area contributed by atoms with E-state index in [1.165, 1.54) is 81.5 Å². The molecule has 2 aliphatic rings. The monoisotopic (exact) mass is 858 g/mol. The quantitative estimate of drug-likeness (QED) is 0.173. The molecule has 1 aliphatic carbocycles. The number of rotatable bonds is 8. The van der Waals surface area contributed by atoms with Gasteiger partial charge in [0, 0.05) is 0 Å². The van der Waals surface area contributed by atoms with Gasteiger partial charge in [0.15, 0.2) is 0 Å². The van der Waals surface area contributed by atoms with E-state index in [4.69, 9.17) is 0 Å². The molecule has 4 aromatic rings. The first kappa shape index (κ1) is 41.1. The van der Waals surface area contributed by atoms with Crippen molar-refractivity contribution in [2.75, 3.05) is 0 Å². The molecule has 284 valence electrons. The average Bonchev–Trinajstić information content (AvgIpc) is 3.39. The molecule has 4 aromatic carbocycles. The van der Waals surface area contributed by atoms with E-state index in [0.717, 1.165) is 22.0 Å². The fourth-order valence-electron chi connectivity index (χ4n) is 8.39. The Balaban J connectivity index is 1.48. The number of hydrogen-bond acceptors (Lipinski definition) is 2. The zero-order valence-electron chi connectivity index (χ0n) is 34.1. The molecule has 0 bridgehead atoms. The fourth-order valence-corrected chi connectivity index (χ4v) is 42.5. The van der Waals surface area contributed by atoms with Crippen LogP contribution in [0.4, 0.5) is 0 Å². The van der Waals surface area contributed by atoms with Gasteiger partial charge in [-0.15, -0.1) is 0 Å². The van der Waals surface area contributed by atoms with E-state index in [9.17, 15) is 10.2 Å². The number of phenols is 2. The standard InChI is InChI=1S/C46H64O2S2Si2.Zr/c1-45(2,3)35-27-33(43(47)41(29-35)51(7,8)37-21-15-13-16-22-37)31-49-39-25-19-11-12-20-26-40(39)50-32-34-28-36(46(4,5)6)30-42(44(34)48)52(9,10)38-23-17-14-18-24-38;/h13-18,21-24,27-30,39-40,47-48H,11-12,19-20,25-26,31-32H2,1-10H3;/t39-,40?;/m0./s1. The number of phenolic OH excluding ortho intramolecular Hbond substituents is 2. The van der Waals surface area contributed by atoms with Gasteiger partial charge < -0.3 is 0 Å². The Morgan fingerprint density at radius 1 is 0.566 bits per heavy atom. The van der Waals surface area contributed by atoms with Gasteiger partial charge in [0.1, 0.15) is 0 Å². The van der Waals surface area contributed by atoms with Crippen LogP contribution in [0.5, 0.6) is 11.5 Å². The van der Waals surface area contributed by atoms with Gasteiger partial charge in [-0.05, 0) is 0 Å². The molecule has 0 radical (unpaired) electrons. The van der Waals surface area contributed by atoms with Gasteiger partial charge in [-0.2, -0.15) is 0 Å². The van der Waals surface area contributed by atoms with Crippen molar-refractivity contribution in [2.45, 2.75) is 139 Å². The summed E-state index contributed by atoms with van der Waals surface area (Å²) in [7, 11) is -3.60. The molecule has 4 atom stereocenters. The number of aromatic hydroxyl groups is 2. The Morgan fingerprint density at radius 3 is 1.26 bits per heavy atom. The molecular weight excluding hydrogens is 796 g/mol. The normalized spacial score (nSPS) is 21.2. The summed E-state index contributed by atoms with van der Waals surface area (Å²) in [5, 5.41) is 31.3. The number of benzene rings is 4. The molecule has 7 heteroatoms. The number of fused-ring (bicyclic) bond motifs is 1. The van der Waals surface area contributed by atoms with Crippen LogP contribution in [0.2, 0.25) is 26.2 Å². The SMILES string of the molecule is CC(C)(C)c1cc(C[S]2=[Zr]=[S](Cc3cc(C(C)(C)C)cc([Si](C)(C)c4ccccc4)c3O)[C@H]3CCCCCCC32)c(O)c([Si](C)(C)c2ccccc2)c1. The second kappa shape index (κ2) is 16.2. The van der Waals surface area contributed by atoms with Crippen LogP contribution >= 0.6 is 14.2 Å². The zero-order valence-corrected chi connectivity index (χ0v) is 40.2. The van der Waals surface area contributed by atoms with Crippen LogP contribution in [0.15, 0.2) is 84.9 Å². The Bertz CT molecular complexity index is 1880. The van der Waals surface area contributed by atoms with E-state index in [1.807, 2.05) is 0 Å². The molecule has 2 N–H and O–H groups in total. The van der Waals surface area contributed by atoms with Gasteiger partial charge in [0.2, 0.25) is 0 Å². The topological polar surface area (TPSA) is 40.5 Å². The van der Waals surface area contributed by atoms with Gasteiger partial charge in [0.25, 0.3) is 0 Å². The van der Waals surface area contributed by atoms with E-state index in [1.54, 1.807) is 0 Å². The zero-order chi connectivity index (χ0) is 38.3. The van der Waals surface area contributed by atoms with E-state index >= 15 is 0 Å². The predicted octanol–water partition coefficient (Wildman–Crippen LogP) is 10.6. The summed E-state index contributed by atoms with van der Waals surface area (Å²) in [6.07, 6.45) is 8.12. The van der Waals surface area contributed by atoms with Gasteiger partial charge >= 0.3 is 338 Å². The molecule has 1 fully saturated rings. The maximum absolute atomic E-state index is 12.3. The molecule has 0 saturated heterocycles. The van der Waals surface area contributed by atoms with Crippen molar-refractivity contribution in [3.8, 4) is 11.5 Å². The van der Waals surface area contributed by atoms with Crippen LogP contribution in [0.1, 0.15) is 102 Å². The minimum atomic E-state index is -2.14. The first-order valence-corrected chi connectivity index (χ1v) is 34.8. The molecule has 1 saturated carbocycles. The molecule has 2 nitrogen and oxygen atoms in total. The van der Waals surface area contributed by atoms with Crippen molar-refractivity contribution < 1.29 is 29.4 Å². The third-order valence-electron chi connectivity index (χ3n) is 12.2.